The van der Waals surface area contributed by atoms with Crippen molar-refractivity contribution in [2.75, 3.05) is 5.32 Å². The van der Waals surface area contributed by atoms with Gasteiger partial charge in [-0.05, 0) is 42.0 Å². The Kier molecular flexibility index (Phi) is 5.20. The third-order valence-electron chi connectivity index (χ3n) is 2.78. The summed E-state index contributed by atoms with van der Waals surface area (Å²) < 4.78 is 0. The van der Waals surface area contributed by atoms with Gasteiger partial charge < -0.3 is 11.1 Å². The van der Waals surface area contributed by atoms with E-state index in [0.29, 0.717) is 15.7 Å². The van der Waals surface area contributed by atoms with Gasteiger partial charge in [-0.25, -0.2) is 0 Å². The Morgan fingerprint density at radius 1 is 1.05 bits per heavy atom. The molecular formula is C16H12Cl2N2O2. The third kappa shape index (κ3) is 4.35. The third-order valence-corrected chi connectivity index (χ3v) is 3.25. The summed E-state index contributed by atoms with van der Waals surface area (Å²) in [5, 5.41) is 3.53. The Balaban J connectivity index is 2.14. The quantitative estimate of drug-likeness (QED) is 0.836. The summed E-state index contributed by atoms with van der Waals surface area (Å²) in [6.45, 7) is 0. The van der Waals surface area contributed by atoms with E-state index in [-0.39, 0.29) is 5.56 Å². The molecule has 2 aromatic carbocycles. The van der Waals surface area contributed by atoms with E-state index in [4.69, 9.17) is 28.9 Å². The highest BCUT2D eigenvalue weighted by molar-refractivity contribution is 6.31. The number of carbonyl (C=O) groups is 2. The molecule has 0 aliphatic carbocycles. The first-order valence-corrected chi connectivity index (χ1v) is 7.05. The molecule has 0 aliphatic rings. The molecule has 4 nitrogen and oxygen atoms in total. The van der Waals surface area contributed by atoms with Crippen molar-refractivity contribution < 1.29 is 9.59 Å². The van der Waals surface area contributed by atoms with Crippen LogP contribution in [0, 0.1) is 0 Å². The molecule has 0 heterocycles. The number of primary amides is 1. The maximum absolute atomic E-state index is 11.9. The van der Waals surface area contributed by atoms with Crippen LogP contribution in [0.15, 0.2) is 48.5 Å². The van der Waals surface area contributed by atoms with Crippen LogP contribution in [0.3, 0.4) is 0 Å². The molecule has 0 radical (unpaired) electrons. The first-order valence-electron chi connectivity index (χ1n) is 6.29. The van der Waals surface area contributed by atoms with Crippen molar-refractivity contribution in [3.8, 4) is 0 Å². The number of anilines is 1. The van der Waals surface area contributed by atoms with Gasteiger partial charge in [-0.2, -0.15) is 0 Å². The second-order valence-electron chi connectivity index (χ2n) is 4.43. The Morgan fingerprint density at radius 2 is 1.77 bits per heavy atom. The first kappa shape index (κ1) is 16.1. The van der Waals surface area contributed by atoms with E-state index < -0.39 is 11.8 Å². The topological polar surface area (TPSA) is 72.2 Å². The molecule has 0 aromatic heterocycles. The van der Waals surface area contributed by atoms with Crippen LogP contribution in [0.1, 0.15) is 15.9 Å². The SMILES string of the molecule is NC(=O)c1cc(Cl)ccc1NC(=O)/C=C/c1cccc(Cl)c1. The standard InChI is InChI=1S/C16H12Cl2N2O2/c17-11-3-1-2-10(8-11)4-7-15(21)20-14-6-5-12(18)9-13(14)16(19)22/h1-9H,(H2,19,22)(H,20,21)/b7-4+. The summed E-state index contributed by atoms with van der Waals surface area (Å²) in [5.74, 6) is -1.07. The zero-order chi connectivity index (χ0) is 16.1. The lowest BCUT2D eigenvalue weighted by molar-refractivity contribution is -0.111. The molecular weight excluding hydrogens is 323 g/mol. The zero-order valence-corrected chi connectivity index (χ0v) is 12.9. The van der Waals surface area contributed by atoms with Crippen molar-refractivity contribution >= 4 is 46.8 Å². The summed E-state index contributed by atoms with van der Waals surface area (Å²) in [7, 11) is 0. The summed E-state index contributed by atoms with van der Waals surface area (Å²) >= 11 is 11.7. The molecule has 0 aliphatic heterocycles. The van der Waals surface area contributed by atoms with Gasteiger partial charge in [0.15, 0.2) is 0 Å². The normalized spacial score (nSPS) is 10.6. The maximum atomic E-state index is 11.9. The number of benzene rings is 2. The van der Waals surface area contributed by atoms with Crippen molar-refractivity contribution in [3.05, 3.63) is 69.7 Å². The molecule has 0 fully saturated rings. The van der Waals surface area contributed by atoms with Gasteiger partial charge in [0.2, 0.25) is 5.91 Å². The highest BCUT2D eigenvalue weighted by Crippen LogP contribution is 2.20. The Morgan fingerprint density at radius 3 is 2.45 bits per heavy atom. The lowest BCUT2D eigenvalue weighted by Crippen LogP contribution is -2.16. The molecule has 0 atom stereocenters. The molecule has 22 heavy (non-hydrogen) atoms. The fraction of sp³-hybridized carbons (Fsp3) is 0. The summed E-state index contributed by atoms with van der Waals surface area (Å²) in [6.07, 6.45) is 2.95. The number of hydrogen-bond acceptors (Lipinski definition) is 2. The van der Waals surface area contributed by atoms with Crippen LogP contribution in [0.2, 0.25) is 10.0 Å². The number of nitrogens with two attached hydrogens (primary N) is 1. The lowest BCUT2D eigenvalue weighted by atomic mass is 10.1. The zero-order valence-electron chi connectivity index (χ0n) is 11.3. The molecule has 0 saturated carbocycles. The maximum Gasteiger partial charge on any atom is 0.250 e. The molecule has 0 spiro atoms. The fourth-order valence-electron chi connectivity index (χ4n) is 1.79. The molecule has 2 rings (SSSR count). The highest BCUT2D eigenvalue weighted by atomic mass is 35.5. The van der Waals surface area contributed by atoms with Crippen molar-refractivity contribution in [1.82, 2.24) is 0 Å². The van der Waals surface area contributed by atoms with Gasteiger partial charge in [-0.1, -0.05) is 35.3 Å². The van der Waals surface area contributed by atoms with Crippen molar-refractivity contribution in [2.45, 2.75) is 0 Å². The average Bonchev–Trinajstić information content (AvgIpc) is 2.47. The van der Waals surface area contributed by atoms with Crippen LogP contribution in [-0.2, 0) is 4.79 Å². The summed E-state index contributed by atoms with van der Waals surface area (Å²) in [5.41, 5.74) is 6.50. The van der Waals surface area contributed by atoms with Crippen molar-refractivity contribution in [1.29, 1.82) is 0 Å². The number of rotatable bonds is 4. The van der Waals surface area contributed by atoms with Crippen LogP contribution in [-0.4, -0.2) is 11.8 Å². The molecule has 2 amide bonds. The van der Waals surface area contributed by atoms with Gasteiger partial charge >= 0.3 is 0 Å². The molecule has 6 heteroatoms. The molecule has 0 unspecified atom stereocenters. The minimum absolute atomic E-state index is 0.150. The average molecular weight is 335 g/mol. The minimum Gasteiger partial charge on any atom is -0.366 e. The predicted molar refractivity (Wildman–Crippen MR) is 89.1 cm³/mol. The van der Waals surface area contributed by atoms with E-state index >= 15 is 0 Å². The number of nitrogens with one attached hydrogen (secondary N) is 1. The van der Waals surface area contributed by atoms with Crippen LogP contribution in [0.4, 0.5) is 5.69 Å². The van der Waals surface area contributed by atoms with Gasteiger partial charge in [0, 0.05) is 16.1 Å². The van der Waals surface area contributed by atoms with Gasteiger partial charge in [0.05, 0.1) is 11.3 Å². The minimum atomic E-state index is -0.670. The van der Waals surface area contributed by atoms with Gasteiger partial charge in [-0.3, -0.25) is 9.59 Å². The van der Waals surface area contributed by atoms with E-state index in [1.165, 1.54) is 18.2 Å². The molecule has 0 bridgehead atoms. The lowest BCUT2D eigenvalue weighted by Gasteiger charge is -2.07. The Bertz CT molecular complexity index is 758. The van der Waals surface area contributed by atoms with Gasteiger partial charge in [0.25, 0.3) is 5.91 Å². The van der Waals surface area contributed by atoms with Crippen LogP contribution >= 0.6 is 23.2 Å². The second kappa shape index (κ2) is 7.11. The largest absolute Gasteiger partial charge is 0.366 e. The molecule has 2 aromatic rings. The second-order valence-corrected chi connectivity index (χ2v) is 5.30. The van der Waals surface area contributed by atoms with E-state index in [1.54, 1.807) is 30.3 Å². The number of amides is 2. The van der Waals surface area contributed by atoms with E-state index in [0.717, 1.165) is 5.56 Å². The van der Waals surface area contributed by atoms with E-state index in [9.17, 15) is 9.59 Å². The van der Waals surface area contributed by atoms with Crippen LogP contribution in [0.5, 0.6) is 0 Å². The first-order chi connectivity index (χ1) is 10.5. The number of halogens is 2. The smallest absolute Gasteiger partial charge is 0.250 e. The van der Waals surface area contributed by atoms with Gasteiger partial charge in [0.1, 0.15) is 0 Å². The summed E-state index contributed by atoms with van der Waals surface area (Å²) in [6, 6.07) is 11.5. The van der Waals surface area contributed by atoms with Crippen molar-refractivity contribution in [3.63, 3.8) is 0 Å². The predicted octanol–water partition coefficient (Wildman–Crippen LogP) is 3.74. The monoisotopic (exact) mass is 334 g/mol. The number of carbonyl (C=O) groups excluding carboxylic acids is 2. The van der Waals surface area contributed by atoms with E-state index in [1.807, 2.05) is 6.07 Å². The van der Waals surface area contributed by atoms with Crippen molar-refractivity contribution in [2.24, 2.45) is 5.73 Å². The van der Waals surface area contributed by atoms with Gasteiger partial charge in [-0.15, -0.1) is 0 Å². The Hall–Kier alpha value is -2.30. The van der Waals surface area contributed by atoms with E-state index in [2.05, 4.69) is 5.32 Å². The van der Waals surface area contributed by atoms with Crippen LogP contribution < -0.4 is 11.1 Å². The summed E-state index contributed by atoms with van der Waals surface area (Å²) in [4.78, 5) is 23.3. The number of hydrogen-bond donors (Lipinski definition) is 2. The highest BCUT2D eigenvalue weighted by Gasteiger charge is 2.10. The molecule has 3 N–H and O–H groups in total. The van der Waals surface area contributed by atoms with Crippen LogP contribution in [0.25, 0.3) is 6.08 Å². The fourth-order valence-corrected chi connectivity index (χ4v) is 2.16. The Labute approximate surface area is 137 Å². The molecule has 112 valence electrons. The molecule has 0 saturated heterocycles.